The van der Waals surface area contributed by atoms with E-state index in [1.54, 1.807) is 18.2 Å². The van der Waals surface area contributed by atoms with Crippen LogP contribution >= 0.6 is 15.9 Å². The molecule has 2 fully saturated rings. The predicted molar refractivity (Wildman–Crippen MR) is 97.2 cm³/mol. The first-order chi connectivity index (χ1) is 11.7. The largest absolute Gasteiger partial charge is 0.282 e. The molecule has 0 saturated carbocycles. The van der Waals surface area contributed by atoms with E-state index in [1.807, 2.05) is 0 Å². The third kappa shape index (κ3) is 3.92. The van der Waals surface area contributed by atoms with E-state index in [4.69, 9.17) is 0 Å². The summed E-state index contributed by atoms with van der Waals surface area (Å²) >= 11 is 3.36. The minimum atomic E-state index is -3.78. The highest BCUT2D eigenvalue weighted by atomic mass is 79.9. The summed E-state index contributed by atoms with van der Waals surface area (Å²) in [5.41, 5.74) is 0.521. The Morgan fingerprint density at radius 2 is 1.84 bits per heavy atom. The molecule has 0 aromatic heterocycles. The van der Waals surface area contributed by atoms with Gasteiger partial charge in [0.2, 0.25) is 0 Å². The number of halogens is 2. The van der Waals surface area contributed by atoms with Gasteiger partial charge in [0.1, 0.15) is 5.82 Å². The number of nitrogens with zero attached hydrogens (tertiary/aromatic N) is 2. The van der Waals surface area contributed by atoms with E-state index >= 15 is 0 Å². The molecule has 0 bridgehead atoms. The lowest BCUT2D eigenvalue weighted by molar-refractivity contribution is 0.343. The Balaban J connectivity index is 1.82. The molecule has 0 spiro atoms. The molecule has 0 aliphatic carbocycles. The molecular weight excluding hydrogens is 435 g/mol. The number of hydrogen-bond acceptors (Lipinski definition) is 4. The average molecular weight is 455 g/mol. The molecule has 6 nitrogen and oxygen atoms in total. The Hall–Kier alpha value is -0.550. The maximum atomic E-state index is 14.1. The number of hydrogen-bond donors (Lipinski definition) is 0. The number of benzene rings is 1. The van der Waals surface area contributed by atoms with Crippen molar-refractivity contribution in [2.45, 2.75) is 18.4 Å². The lowest BCUT2D eigenvalue weighted by Gasteiger charge is -2.32. The van der Waals surface area contributed by atoms with E-state index in [-0.39, 0.29) is 48.9 Å². The van der Waals surface area contributed by atoms with Gasteiger partial charge in [-0.05, 0) is 18.1 Å². The van der Waals surface area contributed by atoms with Crippen molar-refractivity contribution < 1.29 is 21.2 Å². The first-order valence-corrected chi connectivity index (χ1v) is 12.4. The van der Waals surface area contributed by atoms with Gasteiger partial charge in [-0.2, -0.15) is 17.0 Å². The third-order valence-corrected chi connectivity index (χ3v) is 9.23. The average Bonchev–Trinajstić information content (AvgIpc) is 3.00. The molecule has 3 rings (SSSR count). The van der Waals surface area contributed by atoms with Crippen LogP contribution in [-0.2, 0) is 20.0 Å². The van der Waals surface area contributed by atoms with Crippen molar-refractivity contribution in [3.05, 3.63) is 35.6 Å². The van der Waals surface area contributed by atoms with Gasteiger partial charge >= 0.3 is 0 Å². The fourth-order valence-corrected chi connectivity index (χ4v) is 7.50. The molecule has 10 heteroatoms. The monoisotopic (exact) mass is 454 g/mol. The quantitative estimate of drug-likeness (QED) is 0.643. The van der Waals surface area contributed by atoms with Crippen LogP contribution in [0.2, 0.25) is 0 Å². The summed E-state index contributed by atoms with van der Waals surface area (Å²) in [6, 6.07) is 6.14. The maximum absolute atomic E-state index is 14.1. The number of alkyl halides is 1. The van der Waals surface area contributed by atoms with Gasteiger partial charge < -0.3 is 0 Å². The van der Waals surface area contributed by atoms with Crippen LogP contribution in [0.3, 0.4) is 0 Å². The van der Waals surface area contributed by atoms with E-state index in [1.165, 1.54) is 14.7 Å². The van der Waals surface area contributed by atoms with Crippen LogP contribution in [0.5, 0.6) is 0 Å². The second-order valence-corrected chi connectivity index (χ2v) is 11.2. The minimum Gasteiger partial charge on any atom is -0.229 e. The highest BCUT2D eigenvalue weighted by molar-refractivity contribution is 9.09. The maximum Gasteiger partial charge on any atom is 0.282 e. The summed E-state index contributed by atoms with van der Waals surface area (Å²) in [5.74, 6) is -0.859. The third-order valence-electron chi connectivity index (χ3n) is 4.81. The summed E-state index contributed by atoms with van der Waals surface area (Å²) in [6.45, 7) is 0.143. The summed E-state index contributed by atoms with van der Waals surface area (Å²) < 4.78 is 65.7. The lowest BCUT2D eigenvalue weighted by atomic mass is 9.96. The first kappa shape index (κ1) is 19.2. The second kappa shape index (κ2) is 7.22. The molecule has 2 atom stereocenters. The predicted octanol–water partition coefficient (Wildman–Crippen LogP) is 1.35. The molecule has 0 radical (unpaired) electrons. The van der Waals surface area contributed by atoms with Crippen LogP contribution in [0.1, 0.15) is 17.9 Å². The zero-order valence-corrected chi connectivity index (χ0v) is 16.7. The van der Waals surface area contributed by atoms with Crippen molar-refractivity contribution in [2.75, 3.05) is 36.5 Å². The molecule has 25 heavy (non-hydrogen) atoms. The van der Waals surface area contributed by atoms with Gasteiger partial charge in [0.25, 0.3) is 10.2 Å². The summed E-state index contributed by atoms with van der Waals surface area (Å²) in [7, 11) is -6.94. The SMILES string of the molecule is O=S1(=O)CCN(S(=O)(=O)N2CC(c3ccccc3F)CC2CBr)CC1. The molecule has 2 aliphatic heterocycles. The van der Waals surface area contributed by atoms with Gasteiger partial charge in [0.15, 0.2) is 9.84 Å². The molecule has 2 saturated heterocycles. The molecule has 2 heterocycles. The molecule has 0 amide bonds. The molecular formula is C15H20BrFN2O4S2. The Kier molecular flexibility index (Phi) is 5.55. The normalized spacial score (nSPS) is 28.2. The Bertz CT molecular complexity index is 833. The van der Waals surface area contributed by atoms with Gasteiger partial charge in [-0.15, -0.1) is 0 Å². The molecule has 140 valence electrons. The highest BCUT2D eigenvalue weighted by Gasteiger charge is 2.43. The van der Waals surface area contributed by atoms with Gasteiger partial charge in [-0.1, -0.05) is 34.1 Å². The van der Waals surface area contributed by atoms with E-state index < -0.39 is 20.0 Å². The topological polar surface area (TPSA) is 74.8 Å². The van der Waals surface area contributed by atoms with Crippen LogP contribution in [0, 0.1) is 5.82 Å². The smallest absolute Gasteiger partial charge is 0.229 e. The van der Waals surface area contributed by atoms with Crippen LogP contribution in [0.25, 0.3) is 0 Å². The van der Waals surface area contributed by atoms with Crippen molar-refractivity contribution in [1.82, 2.24) is 8.61 Å². The molecule has 2 unspecified atom stereocenters. The van der Waals surface area contributed by atoms with Gasteiger partial charge in [0, 0.05) is 36.9 Å². The van der Waals surface area contributed by atoms with Gasteiger partial charge in [0.05, 0.1) is 11.5 Å². The molecule has 1 aromatic rings. The summed E-state index contributed by atoms with van der Waals surface area (Å²) in [6.07, 6.45) is 0.525. The van der Waals surface area contributed by atoms with E-state index in [9.17, 15) is 21.2 Å². The minimum absolute atomic E-state index is 0.0272. The van der Waals surface area contributed by atoms with Crippen molar-refractivity contribution in [2.24, 2.45) is 0 Å². The molecule has 1 aromatic carbocycles. The highest BCUT2D eigenvalue weighted by Crippen LogP contribution is 2.36. The molecule has 2 aliphatic rings. The number of sulfone groups is 1. The van der Waals surface area contributed by atoms with Crippen molar-refractivity contribution in [3.63, 3.8) is 0 Å². The first-order valence-electron chi connectivity index (χ1n) is 8.02. The van der Waals surface area contributed by atoms with Crippen LogP contribution in [0.15, 0.2) is 24.3 Å². The summed E-state index contributed by atoms with van der Waals surface area (Å²) in [5, 5.41) is 0.448. The van der Waals surface area contributed by atoms with Crippen molar-refractivity contribution in [1.29, 1.82) is 0 Å². The van der Waals surface area contributed by atoms with Crippen LogP contribution in [0.4, 0.5) is 4.39 Å². The molecule has 0 N–H and O–H groups in total. The van der Waals surface area contributed by atoms with E-state index in [2.05, 4.69) is 15.9 Å². The summed E-state index contributed by atoms with van der Waals surface area (Å²) in [4.78, 5) is 0. The zero-order chi connectivity index (χ0) is 18.2. The van der Waals surface area contributed by atoms with Crippen molar-refractivity contribution in [3.8, 4) is 0 Å². The Morgan fingerprint density at radius 1 is 1.20 bits per heavy atom. The van der Waals surface area contributed by atoms with Crippen LogP contribution < -0.4 is 0 Å². The van der Waals surface area contributed by atoms with Crippen molar-refractivity contribution >= 4 is 36.0 Å². The lowest BCUT2D eigenvalue weighted by Crippen LogP contribution is -2.51. The van der Waals surface area contributed by atoms with E-state index in [0.717, 1.165) is 0 Å². The van der Waals surface area contributed by atoms with Crippen LogP contribution in [-0.4, -0.2) is 68.0 Å². The van der Waals surface area contributed by atoms with Gasteiger partial charge in [-0.3, -0.25) is 0 Å². The standard InChI is InChI=1S/C15H20BrFN2O4S2/c16-10-13-9-12(14-3-1-2-4-15(14)17)11-19(13)25(22,23)18-5-7-24(20,21)8-6-18/h1-4,12-13H,5-11H2. The van der Waals surface area contributed by atoms with E-state index in [0.29, 0.717) is 17.3 Å². The fourth-order valence-electron chi connectivity index (χ4n) is 3.42. The number of rotatable bonds is 4. The second-order valence-electron chi connectivity index (χ2n) is 6.39. The zero-order valence-electron chi connectivity index (χ0n) is 13.5. The Labute approximate surface area is 156 Å². The Morgan fingerprint density at radius 3 is 2.44 bits per heavy atom. The fraction of sp³-hybridized carbons (Fsp3) is 0.600. The van der Waals surface area contributed by atoms with Gasteiger partial charge in [-0.25, -0.2) is 12.8 Å².